The fourth-order valence-corrected chi connectivity index (χ4v) is 3.91. The van der Waals surface area contributed by atoms with Gasteiger partial charge in [0.2, 0.25) is 0 Å². The lowest BCUT2D eigenvalue weighted by Crippen LogP contribution is -2.46. The molecule has 2 aromatic heterocycles. The molecule has 3 aromatic rings. The van der Waals surface area contributed by atoms with Gasteiger partial charge in [0.05, 0.1) is 11.8 Å². The topological polar surface area (TPSA) is 44.5 Å². The number of nitrogens with one attached hydrogen (secondary N) is 1. The summed E-state index contributed by atoms with van der Waals surface area (Å²) in [5, 5.41) is 3.36. The van der Waals surface area contributed by atoms with Gasteiger partial charge < -0.3 is 14.6 Å². The van der Waals surface area contributed by atoms with Crippen LogP contribution in [-0.2, 0) is 6.18 Å². The van der Waals surface area contributed by atoms with Crippen molar-refractivity contribution in [1.29, 1.82) is 0 Å². The fraction of sp³-hybridized carbons (Fsp3) is 0.375. The maximum Gasteiger partial charge on any atom is 0.416 e. The van der Waals surface area contributed by atoms with Crippen molar-refractivity contribution in [3.05, 3.63) is 66.6 Å². The van der Waals surface area contributed by atoms with E-state index in [2.05, 4.69) is 15.2 Å². The minimum Gasteiger partial charge on any atom is -0.464 e. The standard InChI is InChI=1S/C24H27F3N4O/c25-24(26,27)20-5-3-6-21(18-20)31-14-12-30(13-15-31)11-2-1-9-28-23-17-19(8-10-29-23)22-7-4-16-32-22/h3-8,10,16-18H,1-2,9,11-15H2,(H,28,29). The maximum absolute atomic E-state index is 13.0. The molecule has 0 bridgehead atoms. The molecule has 8 heteroatoms. The Labute approximate surface area is 185 Å². The van der Waals surface area contributed by atoms with E-state index in [-0.39, 0.29) is 0 Å². The summed E-state index contributed by atoms with van der Waals surface area (Å²) in [6, 6.07) is 13.3. The van der Waals surface area contributed by atoms with Crippen LogP contribution in [-0.4, -0.2) is 49.2 Å². The first kappa shape index (κ1) is 22.2. The molecule has 170 valence electrons. The van der Waals surface area contributed by atoms with E-state index in [0.717, 1.165) is 75.3 Å². The molecule has 1 aliphatic rings. The van der Waals surface area contributed by atoms with Crippen molar-refractivity contribution in [1.82, 2.24) is 9.88 Å². The third kappa shape index (κ3) is 5.82. The van der Waals surface area contributed by atoms with Crippen LogP contribution >= 0.6 is 0 Å². The summed E-state index contributed by atoms with van der Waals surface area (Å²) in [7, 11) is 0. The van der Waals surface area contributed by atoms with Crippen LogP contribution in [0, 0.1) is 0 Å². The summed E-state index contributed by atoms with van der Waals surface area (Å²) in [5.74, 6) is 1.65. The average Bonchev–Trinajstić information content (AvgIpc) is 3.34. The molecular formula is C24H27F3N4O. The molecule has 0 atom stereocenters. The third-order valence-corrected chi connectivity index (χ3v) is 5.68. The van der Waals surface area contributed by atoms with E-state index in [9.17, 15) is 13.2 Å². The zero-order valence-electron chi connectivity index (χ0n) is 17.8. The quantitative estimate of drug-likeness (QED) is 0.473. The zero-order valence-corrected chi connectivity index (χ0v) is 17.8. The predicted molar refractivity (Wildman–Crippen MR) is 120 cm³/mol. The van der Waals surface area contributed by atoms with Crippen molar-refractivity contribution in [2.45, 2.75) is 19.0 Å². The van der Waals surface area contributed by atoms with Gasteiger partial charge in [-0.1, -0.05) is 6.07 Å². The van der Waals surface area contributed by atoms with Crippen molar-refractivity contribution < 1.29 is 17.6 Å². The smallest absolute Gasteiger partial charge is 0.416 e. The molecule has 4 rings (SSSR count). The molecule has 1 N–H and O–H groups in total. The molecule has 1 aromatic carbocycles. The molecule has 0 radical (unpaired) electrons. The first-order valence-corrected chi connectivity index (χ1v) is 10.9. The van der Waals surface area contributed by atoms with Crippen LogP contribution in [0.3, 0.4) is 0 Å². The SMILES string of the molecule is FC(F)(F)c1cccc(N2CCN(CCCCNc3cc(-c4ccco4)ccn3)CC2)c1. The minimum absolute atomic E-state index is 0.589. The first-order chi connectivity index (χ1) is 15.5. The number of halogens is 3. The molecule has 0 saturated carbocycles. The second-order valence-electron chi connectivity index (χ2n) is 7.92. The molecule has 1 saturated heterocycles. The van der Waals surface area contributed by atoms with E-state index in [4.69, 9.17) is 4.42 Å². The molecule has 0 amide bonds. The Hall–Kier alpha value is -3.00. The number of nitrogens with zero attached hydrogens (tertiary/aromatic N) is 3. The Kier molecular flexibility index (Phi) is 6.99. The van der Waals surface area contributed by atoms with Gasteiger partial charge in [-0.05, 0) is 61.9 Å². The normalized spacial score (nSPS) is 15.2. The van der Waals surface area contributed by atoms with Crippen LogP contribution in [0.15, 0.2) is 65.4 Å². The van der Waals surface area contributed by atoms with E-state index in [1.807, 2.05) is 29.2 Å². The summed E-state index contributed by atoms with van der Waals surface area (Å²) >= 11 is 0. The Balaban J connectivity index is 1.16. The highest BCUT2D eigenvalue weighted by molar-refractivity contribution is 5.61. The maximum atomic E-state index is 13.0. The summed E-state index contributed by atoms with van der Waals surface area (Å²) < 4.78 is 44.3. The van der Waals surface area contributed by atoms with Gasteiger partial charge in [0.25, 0.3) is 0 Å². The zero-order chi connectivity index (χ0) is 22.4. The largest absolute Gasteiger partial charge is 0.464 e. The van der Waals surface area contributed by atoms with Gasteiger partial charge in [0.1, 0.15) is 11.6 Å². The lowest BCUT2D eigenvalue weighted by atomic mass is 10.1. The summed E-state index contributed by atoms with van der Waals surface area (Å²) in [5.41, 5.74) is 1.05. The number of furan rings is 1. The van der Waals surface area contributed by atoms with Crippen molar-refractivity contribution in [3.8, 4) is 11.3 Å². The van der Waals surface area contributed by atoms with E-state index in [0.29, 0.717) is 5.69 Å². The summed E-state index contributed by atoms with van der Waals surface area (Å²) in [6.45, 7) is 5.01. The van der Waals surface area contributed by atoms with Crippen molar-refractivity contribution in [2.75, 3.05) is 49.5 Å². The van der Waals surface area contributed by atoms with Crippen LogP contribution in [0.2, 0.25) is 0 Å². The van der Waals surface area contributed by atoms with Crippen LogP contribution in [0.4, 0.5) is 24.7 Å². The number of hydrogen-bond donors (Lipinski definition) is 1. The van der Waals surface area contributed by atoms with Gasteiger partial charge in [-0.2, -0.15) is 13.2 Å². The summed E-state index contributed by atoms with van der Waals surface area (Å²) in [4.78, 5) is 8.76. The minimum atomic E-state index is -4.30. The number of rotatable bonds is 8. The van der Waals surface area contributed by atoms with Crippen LogP contribution in [0.1, 0.15) is 18.4 Å². The average molecular weight is 445 g/mol. The van der Waals surface area contributed by atoms with Gasteiger partial charge in [0.15, 0.2) is 0 Å². The Bertz CT molecular complexity index is 983. The molecule has 32 heavy (non-hydrogen) atoms. The van der Waals surface area contributed by atoms with E-state index < -0.39 is 11.7 Å². The lowest BCUT2D eigenvalue weighted by Gasteiger charge is -2.36. The number of unbranched alkanes of at least 4 members (excludes halogenated alkanes) is 1. The highest BCUT2D eigenvalue weighted by Gasteiger charge is 2.31. The van der Waals surface area contributed by atoms with Crippen molar-refractivity contribution in [3.63, 3.8) is 0 Å². The third-order valence-electron chi connectivity index (χ3n) is 5.68. The lowest BCUT2D eigenvalue weighted by molar-refractivity contribution is -0.137. The van der Waals surface area contributed by atoms with Crippen LogP contribution < -0.4 is 10.2 Å². The van der Waals surface area contributed by atoms with E-state index in [1.54, 1.807) is 18.5 Å². The van der Waals surface area contributed by atoms with Gasteiger partial charge in [0, 0.05) is 50.2 Å². The number of anilines is 2. The molecule has 3 heterocycles. The van der Waals surface area contributed by atoms with Gasteiger partial charge >= 0.3 is 6.18 Å². The number of benzene rings is 1. The van der Waals surface area contributed by atoms with E-state index >= 15 is 0 Å². The molecule has 0 spiro atoms. The van der Waals surface area contributed by atoms with Crippen LogP contribution in [0.25, 0.3) is 11.3 Å². The molecular weight excluding hydrogens is 417 g/mol. The van der Waals surface area contributed by atoms with Crippen LogP contribution in [0.5, 0.6) is 0 Å². The monoisotopic (exact) mass is 444 g/mol. The second-order valence-corrected chi connectivity index (χ2v) is 7.92. The molecule has 0 unspecified atom stereocenters. The van der Waals surface area contributed by atoms with Crippen molar-refractivity contribution in [2.24, 2.45) is 0 Å². The number of alkyl halides is 3. The summed E-state index contributed by atoms with van der Waals surface area (Å²) in [6.07, 6.45) is 1.18. The Morgan fingerprint density at radius 1 is 0.969 bits per heavy atom. The van der Waals surface area contributed by atoms with E-state index in [1.165, 1.54) is 12.1 Å². The van der Waals surface area contributed by atoms with Gasteiger partial charge in [-0.3, -0.25) is 4.90 Å². The second kappa shape index (κ2) is 10.1. The first-order valence-electron chi connectivity index (χ1n) is 10.9. The van der Waals surface area contributed by atoms with Gasteiger partial charge in [-0.25, -0.2) is 4.98 Å². The molecule has 1 aliphatic heterocycles. The Morgan fingerprint density at radius 3 is 2.56 bits per heavy atom. The molecule has 5 nitrogen and oxygen atoms in total. The number of piperazine rings is 1. The number of pyridine rings is 1. The molecule has 0 aliphatic carbocycles. The highest BCUT2D eigenvalue weighted by Crippen LogP contribution is 2.32. The fourth-order valence-electron chi connectivity index (χ4n) is 3.91. The number of aromatic nitrogens is 1. The molecule has 1 fully saturated rings. The van der Waals surface area contributed by atoms with Crippen molar-refractivity contribution >= 4 is 11.5 Å². The highest BCUT2D eigenvalue weighted by atomic mass is 19.4. The predicted octanol–water partition coefficient (Wildman–Crippen LogP) is 5.37. The number of hydrogen-bond acceptors (Lipinski definition) is 5. The van der Waals surface area contributed by atoms with Gasteiger partial charge in [-0.15, -0.1) is 0 Å². The Morgan fingerprint density at radius 2 is 1.81 bits per heavy atom.